The molecule has 8 nitrogen and oxygen atoms in total. The second kappa shape index (κ2) is 13.0. The maximum atomic E-state index is 14.1. The first kappa shape index (κ1) is 30.3. The maximum absolute atomic E-state index is 14.1. The number of hydrogen-bond acceptors (Lipinski definition) is 7. The van der Waals surface area contributed by atoms with Crippen LogP contribution in [-0.2, 0) is 4.79 Å². The number of ether oxygens (including phenoxy) is 3. The first-order valence-corrected chi connectivity index (χ1v) is 15.5. The van der Waals surface area contributed by atoms with Crippen molar-refractivity contribution in [2.24, 2.45) is 4.99 Å². The third-order valence-corrected chi connectivity index (χ3v) is 8.28. The van der Waals surface area contributed by atoms with Crippen LogP contribution in [0.2, 0.25) is 0 Å². The molecular formula is C33H32BrN3O5S. The van der Waals surface area contributed by atoms with E-state index in [1.54, 1.807) is 24.7 Å². The lowest BCUT2D eigenvalue weighted by Gasteiger charge is -2.25. The van der Waals surface area contributed by atoms with Gasteiger partial charge in [-0.1, -0.05) is 41.7 Å². The summed E-state index contributed by atoms with van der Waals surface area (Å²) in [7, 11) is 1.58. The molecule has 0 saturated heterocycles. The number of halogens is 1. The highest BCUT2D eigenvalue weighted by Crippen LogP contribution is 2.37. The number of fused-ring (bicyclic) bond motifs is 1. The minimum Gasteiger partial charge on any atom is -0.494 e. The van der Waals surface area contributed by atoms with Gasteiger partial charge < -0.3 is 19.5 Å². The Balaban J connectivity index is 1.64. The molecule has 1 aliphatic rings. The van der Waals surface area contributed by atoms with Crippen molar-refractivity contribution >= 4 is 44.9 Å². The van der Waals surface area contributed by atoms with Crippen molar-refractivity contribution < 1.29 is 19.0 Å². The monoisotopic (exact) mass is 661 g/mol. The zero-order valence-corrected chi connectivity index (χ0v) is 26.9. The van der Waals surface area contributed by atoms with Gasteiger partial charge in [0.2, 0.25) is 0 Å². The molecule has 0 aliphatic carbocycles. The van der Waals surface area contributed by atoms with Crippen molar-refractivity contribution in [3.63, 3.8) is 0 Å². The van der Waals surface area contributed by atoms with E-state index in [1.807, 2.05) is 87.5 Å². The number of benzene rings is 3. The molecule has 0 spiro atoms. The summed E-state index contributed by atoms with van der Waals surface area (Å²) in [6, 6.07) is 19.7. The van der Waals surface area contributed by atoms with Crippen LogP contribution in [0.5, 0.6) is 17.2 Å². The van der Waals surface area contributed by atoms with E-state index in [-0.39, 0.29) is 17.6 Å². The Kier molecular flexibility index (Phi) is 9.17. The smallest absolute Gasteiger partial charge is 0.271 e. The molecule has 1 atom stereocenters. The predicted octanol–water partition coefficient (Wildman–Crippen LogP) is 5.83. The van der Waals surface area contributed by atoms with Gasteiger partial charge in [-0.25, -0.2) is 4.99 Å². The number of rotatable bonds is 9. The molecule has 0 saturated carbocycles. The Hall–Kier alpha value is -4.15. The number of para-hydroxylation sites is 1. The van der Waals surface area contributed by atoms with E-state index in [9.17, 15) is 9.59 Å². The maximum Gasteiger partial charge on any atom is 0.271 e. The van der Waals surface area contributed by atoms with Gasteiger partial charge in [-0.15, -0.1) is 0 Å². The number of anilines is 1. The van der Waals surface area contributed by atoms with Crippen LogP contribution in [0.1, 0.15) is 44.9 Å². The number of amides is 1. The van der Waals surface area contributed by atoms with E-state index in [1.165, 1.54) is 11.3 Å². The van der Waals surface area contributed by atoms with E-state index in [0.717, 1.165) is 11.1 Å². The first-order valence-electron chi connectivity index (χ1n) is 13.9. The largest absolute Gasteiger partial charge is 0.494 e. The van der Waals surface area contributed by atoms with Gasteiger partial charge in [-0.05, 0) is 97.2 Å². The normalized spacial score (nSPS) is 14.8. The fraction of sp³-hybridized carbons (Fsp3) is 0.242. The number of nitrogens with zero attached hydrogens (tertiary/aromatic N) is 2. The molecular weight excluding hydrogens is 630 g/mol. The second-order valence-electron chi connectivity index (χ2n) is 10.1. The lowest BCUT2D eigenvalue weighted by atomic mass is 9.95. The summed E-state index contributed by atoms with van der Waals surface area (Å²) in [6.07, 6.45) is 1.76. The van der Waals surface area contributed by atoms with E-state index < -0.39 is 6.04 Å². The molecule has 1 aromatic heterocycles. The van der Waals surface area contributed by atoms with E-state index >= 15 is 0 Å². The average Bonchev–Trinajstić information content (AvgIpc) is 3.28. The topological polar surface area (TPSA) is 91.2 Å². The highest BCUT2D eigenvalue weighted by atomic mass is 79.9. The number of allylic oxidation sites excluding steroid dienone is 1. The molecule has 0 fully saturated rings. The summed E-state index contributed by atoms with van der Waals surface area (Å²) in [5.74, 6) is 1.52. The fourth-order valence-electron chi connectivity index (χ4n) is 4.88. The molecule has 43 heavy (non-hydrogen) atoms. The molecule has 3 aromatic carbocycles. The van der Waals surface area contributed by atoms with Crippen molar-refractivity contribution in [1.29, 1.82) is 0 Å². The number of hydrogen-bond donors (Lipinski definition) is 1. The Morgan fingerprint density at radius 2 is 1.86 bits per heavy atom. The van der Waals surface area contributed by atoms with Crippen LogP contribution in [0.4, 0.5) is 5.69 Å². The van der Waals surface area contributed by atoms with Crippen LogP contribution in [0.25, 0.3) is 6.08 Å². The number of carbonyl (C=O) groups is 1. The molecule has 4 aromatic rings. The molecule has 1 N–H and O–H groups in total. The predicted molar refractivity (Wildman–Crippen MR) is 173 cm³/mol. The van der Waals surface area contributed by atoms with Gasteiger partial charge in [0.25, 0.3) is 11.5 Å². The lowest BCUT2D eigenvalue weighted by Crippen LogP contribution is -2.40. The number of carbonyl (C=O) groups excluding carboxylic acids is 1. The molecule has 0 bridgehead atoms. The van der Waals surface area contributed by atoms with E-state index in [2.05, 4.69) is 21.2 Å². The van der Waals surface area contributed by atoms with Crippen LogP contribution in [0, 0.1) is 0 Å². The molecule has 5 rings (SSSR count). The minimum absolute atomic E-state index is 0.0427. The van der Waals surface area contributed by atoms with Crippen molar-refractivity contribution in [1.82, 2.24) is 4.57 Å². The van der Waals surface area contributed by atoms with Gasteiger partial charge in [0.05, 0.1) is 46.1 Å². The summed E-state index contributed by atoms with van der Waals surface area (Å²) in [6.45, 7) is 8.14. The lowest BCUT2D eigenvalue weighted by molar-refractivity contribution is -0.113. The summed E-state index contributed by atoms with van der Waals surface area (Å²) in [4.78, 5) is 33.1. The quantitative estimate of drug-likeness (QED) is 0.244. The average molecular weight is 663 g/mol. The van der Waals surface area contributed by atoms with Gasteiger partial charge in [0, 0.05) is 5.69 Å². The van der Waals surface area contributed by atoms with Gasteiger partial charge in [0.15, 0.2) is 16.3 Å². The molecule has 0 radical (unpaired) electrons. The summed E-state index contributed by atoms with van der Waals surface area (Å²) in [5, 5.41) is 2.98. The Morgan fingerprint density at radius 1 is 1.14 bits per heavy atom. The van der Waals surface area contributed by atoms with E-state index in [0.29, 0.717) is 54.6 Å². The van der Waals surface area contributed by atoms with Crippen LogP contribution in [0.3, 0.4) is 0 Å². The summed E-state index contributed by atoms with van der Waals surface area (Å²) >= 11 is 4.86. The molecule has 1 amide bonds. The first-order chi connectivity index (χ1) is 20.7. The third kappa shape index (κ3) is 6.45. The number of methoxy groups -OCH3 is 1. The summed E-state index contributed by atoms with van der Waals surface area (Å²) in [5.41, 5.74) is 2.85. The number of nitrogens with one attached hydrogen (secondary N) is 1. The second-order valence-corrected chi connectivity index (χ2v) is 12.0. The standard InChI is InChI=1S/C33H32BrN3O5S/c1-6-41-24-14-12-22(13-15-24)29-28(31(38)36-23-10-8-7-9-11-23)20(4)35-33-37(29)32(39)27(43-33)18-21-16-25(34)30(42-19(2)3)26(17-21)40-5/h7-19,29H,6H2,1-5H3,(H,36,38)/b27-18-/t29-/m0/s1. The van der Waals surface area contributed by atoms with E-state index in [4.69, 9.17) is 19.2 Å². The van der Waals surface area contributed by atoms with Crippen molar-refractivity contribution in [2.75, 3.05) is 19.0 Å². The van der Waals surface area contributed by atoms with Crippen LogP contribution in [-0.4, -0.2) is 30.3 Å². The third-order valence-electron chi connectivity index (χ3n) is 6.71. The van der Waals surface area contributed by atoms with Gasteiger partial charge in [-0.3, -0.25) is 14.2 Å². The van der Waals surface area contributed by atoms with Gasteiger partial charge in [-0.2, -0.15) is 0 Å². The van der Waals surface area contributed by atoms with Crippen molar-refractivity contribution in [3.8, 4) is 17.2 Å². The molecule has 1 aliphatic heterocycles. The Bertz CT molecular complexity index is 1860. The van der Waals surface area contributed by atoms with Gasteiger partial charge >= 0.3 is 0 Å². The summed E-state index contributed by atoms with van der Waals surface area (Å²) < 4.78 is 19.9. The zero-order chi connectivity index (χ0) is 30.7. The molecule has 222 valence electrons. The Morgan fingerprint density at radius 3 is 2.51 bits per heavy atom. The number of aromatic nitrogens is 1. The minimum atomic E-state index is -0.694. The molecule has 10 heteroatoms. The van der Waals surface area contributed by atoms with Crippen LogP contribution in [0.15, 0.2) is 92.3 Å². The van der Waals surface area contributed by atoms with Crippen LogP contribution >= 0.6 is 27.3 Å². The SMILES string of the molecule is CCOc1ccc([C@H]2C(C(=O)Nc3ccccc3)=C(C)N=c3s/c(=C\c4cc(Br)c(OC(C)C)c(OC)c4)c(=O)n32)cc1. The number of thiazole rings is 1. The molecule has 2 heterocycles. The van der Waals surface area contributed by atoms with Gasteiger partial charge in [0.1, 0.15) is 5.75 Å². The highest BCUT2D eigenvalue weighted by Gasteiger charge is 2.32. The molecule has 0 unspecified atom stereocenters. The fourth-order valence-corrected chi connectivity index (χ4v) is 6.48. The zero-order valence-electron chi connectivity index (χ0n) is 24.5. The highest BCUT2D eigenvalue weighted by molar-refractivity contribution is 9.10. The van der Waals surface area contributed by atoms with Crippen molar-refractivity contribution in [3.05, 3.63) is 113 Å². The van der Waals surface area contributed by atoms with Crippen molar-refractivity contribution in [2.45, 2.75) is 39.8 Å². The Labute approximate surface area is 262 Å². The van der Waals surface area contributed by atoms with Crippen LogP contribution < -0.4 is 34.4 Å².